The molecule has 0 atom stereocenters. The topological polar surface area (TPSA) is 85.2 Å². The number of nitrogens with zero attached hydrogens (tertiary/aromatic N) is 4. The van der Waals surface area contributed by atoms with E-state index >= 15 is 0 Å². The summed E-state index contributed by atoms with van der Waals surface area (Å²) in [6, 6.07) is 9.15. The first-order valence-electron chi connectivity index (χ1n) is 7.28. The molecule has 0 aliphatic rings. The Labute approximate surface area is 136 Å². The van der Waals surface area contributed by atoms with Crippen LogP contribution in [0.15, 0.2) is 58.9 Å². The van der Waals surface area contributed by atoms with Crippen molar-refractivity contribution in [3.8, 4) is 5.75 Å². The molecule has 0 radical (unpaired) electrons. The van der Waals surface area contributed by atoms with Gasteiger partial charge < -0.3 is 9.72 Å². The van der Waals surface area contributed by atoms with E-state index in [-0.39, 0.29) is 5.56 Å². The number of hydrogen-bond donors (Lipinski definition) is 1. The third-order valence-corrected chi connectivity index (χ3v) is 3.73. The summed E-state index contributed by atoms with van der Waals surface area (Å²) in [7, 11) is 1.60. The number of nitrogens with one attached hydrogen (secondary N) is 1. The van der Waals surface area contributed by atoms with E-state index in [1.165, 1.54) is 11.0 Å². The highest BCUT2D eigenvalue weighted by Crippen LogP contribution is 2.25. The molecule has 1 aromatic carbocycles. The molecule has 0 aliphatic heterocycles. The van der Waals surface area contributed by atoms with E-state index in [1.807, 2.05) is 18.2 Å². The van der Waals surface area contributed by atoms with Gasteiger partial charge in [-0.2, -0.15) is 9.78 Å². The SMILES string of the molecule is COc1ccc2[nH]c3c(=O)n(N=Cc4ccncc4)cnc3c2c1. The van der Waals surface area contributed by atoms with Crippen molar-refractivity contribution in [2.75, 3.05) is 7.11 Å². The summed E-state index contributed by atoms with van der Waals surface area (Å²) in [5.41, 5.74) is 2.42. The number of H-pyrrole nitrogens is 1. The number of fused-ring (bicyclic) bond motifs is 3. The van der Waals surface area contributed by atoms with E-state index < -0.39 is 0 Å². The minimum atomic E-state index is -0.263. The summed E-state index contributed by atoms with van der Waals surface area (Å²) >= 11 is 0. The van der Waals surface area contributed by atoms with Crippen LogP contribution in [0, 0.1) is 0 Å². The molecule has 3 aromatic heterocycles. The lowest BCUT2D eigenvalue weighted by molar-refractivity contribution is 0.415. The Morgan fingerprint density at radius 1 is 1.25 bits per heavy atom. The number of aromatic nitrogens is 4. The molecule has 0 aliphatic carbocycles. The lowest BCUT2D eigenvalue weighted by Crippen LogP contribution is -2.17. The van der Waals surface area contributed by atoms with Gasteiger partial charge in [0.15, 0.2) is 0 Å². The fourth-order valence-electron chi connectivity index (χ4n) is 2.51. The third-order valence-electron chi connectivity index (χ3n) is 3.73. The first kappa shape index (κ1) is 14.1. The first-order chi connectivity index (χ1) is 11.8. The molecular weight excluding hydrogens is 306 g/mol. The number of methoxy groups -OCH3 is 1. The lowest BCUT2D eigenvalue weighted by Gasteiger charge is -1.99. The van der Waals surface area contributed by atoms with E-state index in [1.54, 1.807) is 37.9 Å². The number of benzene rings is 1. The average molecular weight is 319 g/mol. The molecule has 1 N–H and O–H groups in total. The molecule has 3 heterocycles. The Morgan fingerprint density at radius 3 is 2.88 bits per heavy atom. The highest BCUT2D eigenvalue weighted by atomic mass is 16.5. The van der Waals surface area contributed by atoms with Crippen LogP contribution in [-0.2, 0) is 0 Å². The van der Waals surface area contributed by atoms with E-state index in [0.717, 1.165) is 16.5 Å². The van der Waals surface area contributed by atoms with Gasteiger partial charge in [-0.05, 0) is 35.9 Å². The molecular formula is C17H13N5O2. The monoisotopic (exact) mass is 319 g/mol. The summed E-state index contributed by atoms with van der Waals surface area (Å²) in [5, 5.41) is 5.01. The molecule has 0 saturated carbocycles. The van der Waals surface area contributed by atoms with Gasteiger partial charge in [-0.3, -0.25) is 9.78 Å². The summed E-state index contributed by atoms with van der Waals surface area (Å²) in [6.45, 7) is 0. The maximum absolute atomic E-state index is 12.6. The van der Waals surface area contributed by atoms with Crippen LogP contribution < -0.4 is 10.3 Å². The molecule has 0 spiro atoms. The van der Waals surface area contributed by atoms with Crippen molar-refractivity contribution in [1.82, 2.24) is 19.6 Å². The smallest absolute Gasteiger partial charge is 0.298 e. The van der Waals surface area contributed by atoms with Crippen molar-refractivity contribution >= 4 is 28.2 Å². The van der Waals surface area contributed by atoms with Crippen LogP contribution in [0.4, 0.5) is 0 Å². The van der Waals surface area contributed by atoms with Crippen molar-refractivity contribution in [2.45, 2.75) is 0 Å². The zero-order chi connectivity index (χ0) is 16.5. The van der Waals surface area contributed by atoms with Gasteiger partial charge in [0, 0.05) is 23.3 Å². The molecule has 4 rings (SSSR count). The Balaban J connectivity index is 1.85. The molecule has 0 unspecified atom stereocenters. The van der Waals surface area contributed by atoms with Crippen molar-refractivity contribution < 1.29 is 4.74 Å². The van der Waals surface area contributed by atoms with Crippen LogP contribution in [0.3, 0.4) is 0 Å². The van der Waals surface area contributed by atoms with Gasteiger partial charge in [0.25, 0.3) is 5.56 Å². The maximum Gasteiger partial charge on any atom is 0.298 e. The van der Waals surface area contributed by atoms with Gasteiger partial charge in [0.1, 0.15) is 23.1 Å². The Kier molecular flexibility index (Phi) is 3.31. The summed E-state index contributed by atoms with van der Waals surface area (Å²) < 4.78 is 6.43. The van der Waals surface area contributed by atoms with Gasteiger partial charge in [0.05, 0.1) is 13.3 Å². The van der Waals surface area contributed by atoms with Crippen LogP contribution in [0.2, 0.25) is 0 Å². The van der Waals surface area contributed by atoms with Gasteiger partial charge in [-0.25, -0.2) is 4.98 Å². The van der Waals surface area contributed by atoms with Crippen LogP contribution >= 0.6 is 0 Å². The zero-order valence-electron chi connectivity index (χ0n) is 12.8. The van der Waals surface area contributed by atoms with Crippen LogP contribution in [0.5, 0.6) is 5.75 Å². The molecule has 7 nitrogen and oxygen atoms in total. The first-order valence-corrected chi connectivity index (χ1v) is 7.28. The van der Waals surface area contributed by atoms with Crippen LogP contribution in [-0.4, -0.2) is 33.0 Å². The fraction of sp³-hybridized carbons (Fsp3) is 0.0588. The highest BCUT2D eigenvalue weighted by molar-refractivity contribution is 6.04. The fourth-order valence-corrected chi connectivity index (χ4v) is 2.51. The van der Waals surface area contributed by atoms with Gasteiger partial charge in [-0.15, -0.1) is 0 Å². The van der Waals surface area contributed by atoms with Crippen molar-refractivity contribution in [3.63, 3.8) is 0 Å². The summed E-state index contributed by atoms with van der Waals surface area (Å²) in [5.74, 6) is 0.713. The number of rotatable bonds is 3. The number of ether oxygens (including phenoxy) is 1. The molecule has 7 heteroatoms. The van der Waals surface area contributed by atoms with Crippen molar-refractivity contribution in [1.29, 1.82) is 0 Å². The predicted molar refractivity (Wildman–Crippen MR) is 91.6 cm³/mol. The molecule has 118 valence electrons. The largest absolute Gasteiger partial charge is 0.497 e. The number of aromatic amines is 1. The van der Waals surface area contributed by atoms with Crippen LogP contribution in [0.25, 0.3) is 21.9 Å². The summed E-state index contributed by atoms with van der Waals surface area (Å²) in [4.78, 5) is 24.0. The molecule has 0 amide bonds. The van der Waals surface area contributed by atoms with Gasteiger partial charge >= 0.3 is 0 Å². The summed E-state index contributed by atoms with van der Waals surface area (Å²) in [6.07, 6.45) is 6.32. The van der Waals surface area contributed by atoms with Crippen LogP contribution in [0.1, 0.15) is 5.56 Å². The van der Waals surface area contributed by atoms with E-state index in [9.17, 15) is 4.79 Å². The second kappa shape index (κ2) is 5.62. The lowest BCUT2D eigenvalue weighted by atomic mass is 10.2. The third kappa shape index (κ3) is 2.32. The van der Waals surface area contributed by atoms with E-state index in [4.69, 9.17) is 4.74 Å². The van der Waals surface area contributed by atoms with E-state index in [0.29, 0.717) is 16.8 Å². The standard InChI is InChI=1S/C17H13N5O2/c1-24-12-2-3-14-13(8-12)15-16(21-14)17(23)22(10-19-15)20-9-11-4-6-18-7-5-11/h2-10,21H,1H3. The van der Waals surface area contributed by atoms with Crippen molar-refractivity contribution in [2.24, 2.45) is 5.10 Å². The van der Waals surface area contributed by atoms with E-state index in [2.05, 4.69) is 20.1 Å². The zero-order valence-corrected chi connectivity index (χ0v) is 12.8. The highest BCUT2D eigenvalue weighted by Gasteiger charge is 2.11. The minimum absolute atomic E-state index is 0.263. The van der Waals surface area contributed by atoms with Crippen molar-refractivity contribution in [3.05, 3.63) is 65.0 Å². The second-order valence-electron chi connectivity index (χ2n) is 5.18. The van der Waals surface area contributed by atoms with Gasteiger partial charge in [-0.1, -0.05) is 0 Å². The average Bonchev–Trinajstić information content (AvgIpc) is 3.00. The Hall–Kier alpha value is -3.48. The Bertz CT molecular complexity index is 1110. The normalized spacial score (nSPS) is 11.5. The predicted octanol–water partition coefficient (Wildman–Crippen LogP) is 2.16. The number of hydrogen-bond acceptors (Lipinski definition) is 5. The molecule has 4 aromatic rings. The van der Waals surface area contributed by atoms with Gasteiger partial charge in [0.2, 0.25) is 0 Å². The molecule has 24 heavy (non-hydrogen) atoms. The molecule has 0 fully saturated rings. The minimum Gasteiger partial charge on any atom is -0.497 e. The maximum atomic E-state index is 12.6. The molecule has 0 bridgehead atoms. The Morgan fingerprint density at radius 2 is 2.08 bits per heavy atom. The molecule has 0 saturated heterocycles. The quantitative estimate of drug-likeness (QED) is 0.586. The second-order valence-corrected chi connectivity index (χ2v) is 5.18. The number of pyridine rings is 1.